The molecular weight excluding hydrogens is 541 g/mol. The third kappa shape index (κ3) is 4.09. The summed E-state index contributed by atoms with van der Waals surface area (Å²) in [6.45, 7) is 1.50. The van der Waals surface area contributed by atoms with Crippen molar-refractivity contribution in [1.82, 2.24) is 34.6 Å². The van der Waals surface area contributed by atoms with Crippen LogP contribution in [0.2, 0.25) is 5.15 Å². The highest BCUT2D eigenvalue weighted by Gasteiger charge is 2.60. The number of fused-ring (bicyclic) bond motifs is 3. The molecule has 1 aliphatic rings. The summed E-state index contributed by atoms with van der Waals surface area (Å²) in [5.74, 6) is -0.358. The number of aromatic nitrogens is 7. The molecule has 0 saturated heterocycles. The Bertz CT molecular complexity index is 1550. The van der Waals surface area contributed by atoms with Crippen LogP contribution in [0.4, 0.5) is 38.1 Å². The summed E-state index contributed by atoms with van der Waals surface area (Å²) < 4.78 is 71.4. The summed E-state index contributed by atoms with van der Waals surface area (Å²) in [5, 5.41) is 23.4. The van der Waals surface area contributed by atoms with E-state index in [-0.39, 0.29) is 39.4 Å². The fourth-order valence-electron chi connectivity index (χ4n) is 4.12. The van der Waals surface area contributed by atoms with Crippen molar-refractivity contribution in [2.75, 3.05) is 16.8 Å². The number of aliphatic hydroxyl groups excluding tert-OH is 1. The van der Waals surface area contributed by atoms with E-state index in [1.165, 1.54) is 19.2 Å². The van der Waals surface area contributed by atoms with E-state index in [2.05, 4.69) is 30.6 Å². The van der Waals surface area contributed by atoms with Gasteiger partial charge < -0.3 is 10.4 Å². The first kappa shape index (κ1) is 25.7. The van der Waals surface area contributed by atoms with Crippen LogP contribution in [0.25, 0.3) is 11.5 Å². The second-order valence-electron chi connectivity index (χ2n) is 8.75. The third-order valence-corrected chi connectivity index (χ3v) is 6.29. The lowest BCUT2D eigenvalue weighted by molar-refractivity contribution is -0.181. The molecule has 0 radical (unpaired) electrons. The zero-order valence-corrected chi connectivity index (χ0v) is 20.2. The Labute approximate surface area is 214 Å². The number of urea groups is 1. The van der Waals surface area contributed by atoms with Crippen molar-refractivity contribution in [3.05, 3.63) is 52.8 Å². The van der Waals surface area contributed by atoms with Crippen LogP contribution >= 0.6 is 11.6 Å². The van der Waals surface area contributed by atoms with Crippen molar-refractivity contribution in [1.29, 1.82) is 0 Å². The predicted octanol–water partition coefficient (Wildman–Crippen LogP) is 4.22. The van der Waals surface area contributed by atoms with Gasteiger partial charge in [0, 0.05) is 12.6 Å². The lowest BCUT2D eigenvalue weighted by Crippen LogP contribution is -2.46. The highest BCUT2D eigenvalue weighted by molar-refractivity contribution is 6.29. The maximum Gasteiger partial charge on any atom is 0.401 e. The number of nitrogens with one attached hydrogen (secondary N) is 1. The number of alkyl halides is 5. The molecule has 11 nitrogen and oxygen atoms in total. The van der Waals surface area contributed by atoms with E-state index in [1.54, 1.807) is 0 Å². The third-order valence-electron chi connectivity index (χ3n) is 6.10. The molecule has 200 valence electrons. The number of halogens is 6. The topological polar surface area (TPSA) is 126 Å². The first-order chi connectivity index (χ1) is 17.8. The molecule has 0 aliphatic carbocycles. The number of amides is 2. The Kier molecular flexibility index (Phi) is 5.98. The van der Waals surface area contributed by atoms with E-state index in [4.69, 9.17) is 11.6 Å². The van der Waals surface area contributed by atoms with E-state index < -0.39 is 42.3 Å². The van der Waals surface area contributed by atoms with Crippen LogP contribution in [0, 0.1) is 0 Å². The molecule has 0 spiro atoms. The molecule has 4 aromatic rings. The number of nitrogens with zero attached hydrogens (tertiary/aromatic N) is 8. The zero-order valence-electron chi connectivity index (χ0n) is 19.4. The first-order valence-corrected chi connectivity index (χ1v) is 11.3. The average molecular weight is 558 g/mol. The standard InChI is InChI=1S/C21H17ClF5N9O2/c1-9(37)12-6-30-36(32-12)18-11(17(23)24)3-10(5-29-18)31-19(38)34-8-20(2,21(25,26)27)16-13(34)7-28-15-4-14(22)33-35(15)16/h3-7,9,17,37H,8H2,1-2H3,(H,31,38)/t9-,20+/m0/s1. The largest absolute Gasteiger partial charge is 0.401 e. The second kappa shape index (κ2) is 8.83. The number of carbonyl (C=O) groups excluding carboxylic acids is 1. The minimum absolute atomic E-state index is 0.0545. The predicted molar refractivity (Wildman–Crippen MR) is 123 cm³/mol. The molecule has 0 saturated carbocycles. The van der Waals surface area contributed by atoms with Crippen molar-refractivity contribution in [2.45, 2.75) is 38.0 Å². The molecule has 4 aromatic heterocycles. The second-order valence-corrected chi connectivity index (χ2v) is 9.13. The van der Waals surface area contributed by atoms with Crippen molar-refractivity contribution in [3.8, 4) is 5.82 Å². The van der Waals surface area contributed by atoms with Gasteiger partial charge in [0.2, 0.25) is 0 Å². The summed E-state index contributed by atoms with van der Waals surface area (Å²) in [6.07, 6.45) is -5.57. The van der Waals surface area contributed by atoms with Crippen LogP contribution < -0.4 is 10.2 Å². The van der Waals surface area contributed by atoms with Gasteiger partial charge in [0.25, 0.3) is 6.43 Å². The Morgan fingerprint density at radius 2 is 1.92 bits per heavy atom. The summed E-state index contributed by atoms with van der Waals surface area (Å²) in [4.78, 5) is 22.7. The van der Waals surface area contributed by atoms with Gasteiger partial charge in [-0.05, 0) is 19.9 Å². The molecule has 38 heavy (non-hydrogen) atoms. The molecule has 5 heterocycles. The van der Waals surface area contributed by atoms with Gasteiger partial charge in [-0.25, -0.2) is 28.1 Å². The van der Waals surface area contributed by atoms with Gasteiger partial charge in [0.1, 0.15) is 11.1 Å². The van der Waals surface area contributed by atoms with Crippen LogP contribution in [-0.2, 0) is 5.41 Å². The highest BCUT2D eigenvalue weighted by atomic mass is 35.5. The van der Waals surface area contributed by atoms with Gasteiger partial charge in [0.15, 0.2) is 16.6 Å². The number of hydrogen-bond donors (Lipinski definition) is 2. The molecular formula is C21H17ClF5N9O2. The summed E-state index contributed by atoms with van der Waals surface area (Å²) in [6, 6.07) is 1.14. The Hall–Kier alpha value is -3.92. The summed E-state index contributed by atoms with van der Waals surface area (Å²) >= 11 is 5.88. The average Bonchev–Trinajstić information content (AvgIpc) is 3.54. The smallest absolute Gasteiger partial charge is 0.387 e. The molecule has 0 aromatic carbocycles. The van der Waals surface area contributed by atoms with Crippen molar-refractivity contribution < 1.29 is 31.9 Å². The first-order valence-electron chi connectivity index (χ1n) is 10.9. The van der Waals surface area contributed by atoms with E-state index in [0.29, 0.717) is 0 Å². The number of aliphatic hydroxyl groups is 1. The Morgan fingerprint density at radius 3 is 2.55 bits per heavy atom. The SMILES string of the molecule is C[C@H](O)c1cnn(-c2ncc(NC(=O)N3C[C@@](C)(C(F)(F)F)c4c3cnc3cc(Cl)nn43)cc2C(F)F)n1. The molecule has 5 rings (SSSR count). The van der Waals surface area contributed by atoms with Crippen LogP contribution in [-0.4, -0.2) is 58.4 Å². The lowest BCUT2D eigenvalue weighted by atomic mass is 9.88. The molecule has 0 fully saturated rings. The van der Waals surface area contributed by atoms with E-state index in [1.807, 2.05) is 0 Å². The zero-order chi connectivity index (χ0) is 27.6. The molecule has 0 unspecified atom stereocenters. The van der Waals surface area contributed by atoms with Crippen LogP contribution in [0.3, 0.4) is 0 Å². The fraction of sp³-hybridized carbons (Fsp3) is 0.333. The molecule has 17 heteroatoms. The van der Waals surface area contributed by atoms with Gasteiger partial charge >= 0.3 is 12.2 Å². The Balaban J connectivity index is 1.50. The van der Waals surface area contributed by atoms with Gasteiger partial charge in [-0.3, -0.25) is 4.90 Å². The molecule has 2 atom stereocenters. The van der Waals surface area contributed by atoms with Crippen LogP contribution in [0.5, 0.6) is 0 Å². The Morgan fingerprint density at radius 1 is 1.18 bits per heavy atom. The van der Waals surface area contributed by atoms with Crippen LogP contribution in [0.1, 0.15) is 43.3 Å². The van der Waals surface area contributed by atoms with Gasteiger partial charge in [-0.15, -0.1) is 9.90 Å². The summed E-state index contributed by atoms with van der Waals surface area (Å²) in [5.41, 5.74) is -3.77. The number of hydrogen-bond acceptors (Lipinski definition) is 7. The molecule has 0 bridgehead atoms. The van der Waals surface area contributed by atoms with Crippen LogP contribution in [0.15, 0.2) is 30.7 Å². The fourth-order valence-corrected chi connectivity index (χ4v) is 4.30. The number of anilines is 2. The number of rotatable bonds is 4. The minimum atomic E-state index is -4.79. The van der Waals surface area contributed by atoms with Crippen molar-refractivity contribution >= 4 is 34.7 Å². The van der Waals surface area contributed by atoms with E-state index >= 15 is 0 Å². The van der Waals surface area contributed by atoms with Crippen molar-refractivity contribution in [3.63, 3.8) is 0 Å². The van der Waals surface area contributed by atoms with E-state index in [9.17, 15) is 31.9 Å². The van der Waals surface area contributed by atoms with Gasteiger partial charge in [-0.1, -0.05) is 11.6 Å². The van der Waals surface area contributed by atoms with Gasteiger partial charge in [0.05, 0.1) is 47.3 Å². The quantitative estimate of drug-likeness (QED) is 0.360. The number of carbonyl (C=O) groups is 1. The highest BCUT2D eigenvalue weighted by Crippen LogP contribution is 2.50. The maximum atomic E-state index is 14.2. The van der Waals surface area contributed by atoms with Gasteiger partial charge in [-0.2, -0.15) is 23.4 Å². The lowest BCUT2D eigenvalue weighted by Gasteiger charge is -2.28. The normalized spacial score (nSPS) is 18.3. The maximum absolute atomic E-state index is 14.2. The number of pyridine rings is 1. The molecule has 1 aliphatic heterocycles. The molecule has 2 amide bonds. The summed E-state index contributed by atoms with van der Waals surface area (Å²) in [7, 11) is 0. The van der Waals surface area contributed by atoms with Crippen molar-refractivity contribution in [2.24, 2.45) is 0 Å². The monoisotopic (exact) mass is 557 g/mol. The van der Waals surface area contributed by atoms with E-state index in [0.717, 1.165) is 39.6 Å². The molecule has 2 N–H and O–H groups in total. The minimum Gasteiger partial charge on any atom is -0.387 e.